The monoisotopic (exact) mass is 410 g/mol. The fourth-order valence-corrected chi connectivity index (χ4v) is 0. The predicted octanol–water partition coefficient (Wildman–Crippen LogP) is -22.5. The van der Waals surface area contributed by atoms with E-state index in [0.717, 1.165) is 0 Å². The third kappa shape index (κ3) is 261. The van der Waals surface area contributed by atoms with Crippen LogP contribution < -0.4 is 158 Å². The molecule has 0 spiro atoms. The molecule has 0 aliphatic rings. The maximum Gasteiger partial charge on any atom is 2.00 e. The Labute approximate surface area is 251 Å². The maximum absolute atomic E-state index is 8.52. The van der Waals surface area contributed by atoms with Gasteiger partial charge in [-0.25, -0.2) is 0 Å². The molecule has 0 aliphatic carbocycles. The molecule has 0 amide bonds. The van der Waals surface area contributed by atoms with Crippen LogP contribution in [0.15, 0.2) is 0 Å². The van der Waals surface area contributed by atoms with Crippen LogP contribution in [0.25, 0.3) is 0 Å². The normalized spacial score (nSPS) is 4.82. The minimum absolute atomic E-state index is 0. The van der Waals surface area contributed by atoms with Crippen LogP contribution in [0.2, 0.25) is 0 Å². The zero-order valence-electron chi connectivity index (χ0n) is 9.31. The molecule has 0 N–H and O–H groups in total. The Morgan fingerprint density at radius 1 is 0.882 bits per heavy atom. The van der Waals surface area contributed by atoms with E-state index in [4.69, 9.17) is 32.5 Å². The van der Waals surface area contributed by atoms with Crippen molar-refractivity contribution in [2.45, 2.75) is 0 Å². The van der Waals surface area contributed by atoms with Gasteiger partial charge >= 0.3 is 171 Å². The Hall–Kier alpha value is 5.67. The third-order valence-corrected chi connectivity index (χ3v) is 0. The van der Waals surface area contributed by atoms with Gasteiger partial charge in [0.15, 0.2) is 0 Å². The fourth-order valence-electron chi connectivity index (χ4n) is 0. The molecule has 0 aliphatic heterocycles. The van der Waals surface area contributed by atoms with E-state index in [9.17, 15) is 0 Å². The first-order chi connectivity index (χ1) is 3.73. The molecule has 0 heterocycles. The van der Waals surface area contributed by atoms with Crippen LogP contribution in [-0.2, 0) is 10.4 Å². The maximum atomic E-state index is 8.52. The van der Waals surface area contributed by atoms with E-state index in [2.05, 4.69) is 0 Å². The van der Waals surface area contributed by atoms with Crippen molar-refractivity contribution < 1.29 is 180 Å². The van der Waals surface area contributed by atoms with E-state index >= 15 is 0 Å². The number of carbonyl (C=O) groups is 1. The summed E-state index contributed by atoms with van der Waals surface area (Å²) in [5.41, 5.74) is 0. The van der Waals surface area contributed by atoms with Crippen LogP contribution in [0.5, 0.6) is 0 Å². The van der Waals surface area contributed by atoms with E-state index in [1.807, 2.05) is 0 Å². The molecule has 0 fully saturated rings. The van der Waals surface area contributed by atoms with Crippen LogP contribution in [0.1, 0.15) is 0 Å². The largest absolute Gasteiger partial charge is 2.00 e. The van der Waals surface area contributed by atoms with Crippen molar-refractivity contribution in [1.29, 1.82) is 0 Å². The van der Waals surface area contributed by atoms with E-state index < -0.39 is 16.6 Å². The zero-order chi connectivity index (χ0) is 8.08. The average Bonchev–Trinajstić information content (AvgIpc) is 1.19. The van der Waals surface area contributed by atoms with Crippen LogP contribution >= 0.6 is 0 Å². The van der Waals surface area contributed by atoms with Gasteiger partial charge in [-0.2, -0.15) is 0 Å². The first kappa shape index (κ1) is 66.3. The van der Waals surface area contributed by atoms with Crippen molar-refractivity contribution in [2.24, 2.45) is 0 Å². The van der Waals surface area contributed by atoms with Crippen LogP contribution in [0.3, 0.4) is 0 Å². The van der Waals surface area contributed by atoms with Gasteiger partial charge in [0.25, 0.3) is 0 Å². The minimum atomic E-state index is -5.17. The van der Waals surface area contributed by atoms with Gasteiger partial charge in [-0.3, -0.25) is 8.42 Å². The summed E-state index contributed by atoms with van der Waals surface area (Å²) in [5.74, 6) is 0. The summed E-state index contributed by atoms with van der Waals surface area (Å²) in [6.07, 6.45) is -2.33. The molecule has 7 nitrogen and oxygen atoms in total. The van der Waals surface area contributed by atoms with Crippen molar-refractivity contribution in [3.63, 3.8) is 0 Å². The molecule has 16 heteroatoms. The zero-order valence-corrected chi connectivity index (χ0v) is 23.1. The Bertz CT molecular complexity index is 186. The van der Waals surface area contributed by atoms with E-state index in [-0.39, 0.29) is 209 Å². The Kier molecular flexibility index (Phi) is 168. The van der Waals surface area contributed by atoms with Gasteiger partial charge in [0, 0.05) is 10.4 Å². The van der Waals surface area contributed by atoms with E-state index in [1.165, 1.54) is 0 Å². The second kappa shape index (κ2) is 43.0. The quantitative estimate of drug-likeness (QED) is 0.218. The van der Waals surface area contributed by atoms with Gasteiger partial charge in [0.1, 0.15) is 0 Å². The Morgan fingerprint density at radius 3 is 0.882 bits per heavy atom. The smallest absolute Gasteiger partial charge is 1.00 e. The summed E-state index contributed by atoms with van der Waals surface area (Å²) in [6, 6.07) is 0. The molecule has 0 aromatic heterocycles. The molecule has 0 saturated heterocycles. The first-order valence-corrected chi connectivity index (χ1v) is 2.61. The molecule has 0 atom stereocenters. The van der Waals surface area contributed by atoms with E-state index in [0.29, 0.717) is 0 Å². The van der Waals surface area contributed by atoms with Crippen molar-refractivity contribution >= 4 is 77.3 Å². The van der Waals surface area contributed by atoms with Crippen molar-refractivity contribution in [1.82, 2.24) is 0 Å². The number of carboxylic acid groups (broad SMARTS) is 2. The molecule has 0 bridgehead atoms. The standard InChI is InChI=1S/CH2O3.Ca.3ClH.K.Mg.2Na.H2O4S/c2-1(3)4;;;;;;;;;1-5(2,3)4/h(H2,2,3,4);;3*1H;;;;;(H2,1,2,3,4)/q;+2;;;;+1;+2;2*+1;/p-7. The molecular weight excluding hydrogens is 412 g/mol. The Morgan fingerprint density at radius 2 is 0.882 bits per heavy atom. The summed E-state index contributed by atoms with van der Waals surface area (Å²) in [4.78, 5) is 8.33. The van der Waals surface area contributed by atoms with E-state index in [1.54, 1.807) is 0 Å². The molecule has 0 unspecified atom stereocenters. The van der Waals surface area contributed by atoms with Gasteiger partial charge in [0.05, 0.1) is 0 Å². The second-order valence-corrected chi connectivity index (χ2v) is 1.47. The van der Waals surface area contributed by atoms with Gasteiger partial charge in [-0.05, 0) is 6.16 Å². The van der Waals surface area contributed by atoms with Gasteiger partial charge in [-0.15, -0.1) is 0 Å². The number of hydrogen-bond acceptors (Lipinski definition) is 7. The Balaban J connectivity index is -0.00000000494. The molecule has 0 radical (unpaired) electrons. The van der Waals surface area contributed by atoms with Crippen LogP contribution in [-0.4, -0.2) is 84.5 Å². The number of hydrogen-bond donors (Lipinski definition) is 0. The van der Waals surface area contributed by atoms with Gasteiger partial charge < -0.3 is 61.3 Å². The number of carbonyl (C=O) groups excluding carboxylic acids is 1. The average molecular weight is 412 g/mol. The predicted molar refractivity (Wildman–Crippen MR) is 27.4 cm³/mol. The minimum Gasteiger partial charge on any atom is -1.00 e. The van der Waals surface area contributed by atoms with Gasteiger partial charge in [-0.1, -0.05) is 0 Å². The number of halogens is 3. The van der Waals surface area contributed by atoms with Gasteiger partial charge in [0.2, 0.25) is 0 Å². The summed E-state index contributed by atoms with van der Waals surface area (Å²) in [6.45, 7) is 0. The fraction of sp³-hybridized carbons (Fsp3) is 0. The topological polar surface area (TPSA) is 143 Å². The SMILES string of the molecule is O=C([O-])[O-].O=S(=O)([O-])[O-].[Ca+2].[Cl-].[Cl-].[Cl-].[K+].[Mg+2].[Na+].[Na+]. The molecule has 80 valence electrons. The second-order valence-electron chi connectivity index (χ2n) is 0.658. The van der Waals surface area contributed by atoms with Crippen molar-refractivity contribution in [2.75, 3.05) is 0 Å². The summed E-state index contributed by atoms with van der Waals surface area (Å²) in [7, 11) is -5.17. The third-order valence-electron chi connectivity index (χ3n) is 0. The molecule has 0 aromatic carbocycles. The van der Waals surface area contributed by atoms with Crippen LogP contribution in [0, 0.1) is 0 Å². The molecule has 0 rings (SSSR count). The summed E-state index contributed by atoms with van der Waals surface area (Å²) < 4.78 is 34.1. The summed E-state index contributed by atoms with van der Waals surface area (Å²) >= 11 is 0. The first-order valence-electron chi connectivity index (χ1n) is 1.28. The molecule has 17 heavy (non-hydrogen) atoms. The molecule has 0 aromatic rings. The summed E-state index contributed by atoms with van der Waals surface area (Å²) in [5, 5.41) is 16.7. The molecule has 0 saturated carbocycles. The molecular formula is CCaCl3KMgNa2O7S. The van der Waals surface area contributed by atoms with Crippen LogP contribution in [0.4, 0.5) is 4.79 Å². The number of rotatable bonds is 0. The van der Waals surface area contributed by atoms with Crippen molar-refractivity contribution in [3.05, 3.63) is 0 Å². The van der Waals surface area contributed by atoms with Crippen molar-refractivity contribution in [3.8, 4) is 0 Å².